The zero-order chi connectivity index (χ0) is 39.4. The van der Waals surface area contributed by atoms with Crippen molar-refractivity contribution in [3.63, 3.8) is 0 Å². The molecule has 0 saturated carbocycles. The predicted molar refractivity (Wildman–Crippen MR) is 218 cm³/mol. The molecule has 1 fully saturated rings. The van der Waals surface area contributed by atoms with Gasteiger partial charge in [-0.1, -0.05) is 106 Å². The summed E-state index contributed by atoms with van der Waals surface area (Å²) in [6.07, 6.45) is 0.343. The van der Waals surface area contributed by atoms with Crippen molar-refractivity contribution in [2.75, 3.05) is 12.0 Å². The molecule has 2 atom stereocenters. The first-order chi connectivity index (χ1) is 26.2. The molecule has 0 unspecified atom stereocenters. The van der Waals surface area contributed by atoms with Gasteiger partial charge in [0.15, 0.2) is 0 Å². The second kappa shape index (κ2) is 16.0. The highest BCUT2D eigenvalue weighted by molar-refractivity contribution is 7.00. The molecule has 0 N–H and O–H groups in total. The maximum atomic E-state index is 13.8. The number of ether oxygens (including phenoxy) is 3. The minimum absolute atomic E-state index is 0.0183. The van der Waals surface area contributed by atoms with Gasteiger partial charge in [-0.05, 0) is 102 Å². The summed E-state index contributed by atoms with van der Waals surface area (Å²) < 4.78 is 23.8. The molecule has 0 radical (unpaired) electrons. The van der Waals surface area contributed by atoms with Gasteiger partial charge >= 0.3 is 20.3 Å². The van der Waals surface area contributed by atoms with Crippen LogP contribution in [0.25, 0.3) is 0 Å². The molecule has 1 aliphatic heterocycles. The molecule has 6 rings (SSSR count). The van der Waals surface area contributed by atoms with Crippen molar-refractivity contribution in [1.29, 1.82) is 0 Å². The third kappa shape index (κ3) is 8.52. The Labute approximate surface area is 325 Å². The second-order valence-electron chi connectivity index (χ2n) is 15.9. The first-order valence-corrected chi connectivity index (χ1v) is 20.5. The van der Waals surface area contributed by atoms with Crippen molar-refractivity contribution in [2.24, 2.45) is 5.92 Å². The summed E-state index contributed by atoms with van der Waals surface area (Å²) in [4.78, 5) is 41.6. The lowest BCUT2D eigenvalue weighted by Gasteiger charge is -2.45. The lowest BCUT2D eigenvalue weighted by molar-refractivity contribution is -0.155. The molecule has 0 aromatic heterocycles. The fourth-order valence-corrected chi connectivity index (χ4v) is 11.6. The Morgan fingerprint density at radius 2 is 1.20 bits per heavy atom. The highest BCUT2D eigenvalue weighted by atomic mass is 28.4. The number of methoxy groups -OCH3 is 1. The van der Waals surface area contributed by atoms with E-state index in [4.69, 9.17) is 18.6 Å². The van der Waals surface area contributed by atoms with E-state index in [1.54, 1.807) is 55.6 Å². The number of anilines is 1. The zero-order valence-corrected chi connectivity index (χ0v) is 33.6. The Balaban J connectivity index is 1.22. The van der Waals surface area contributed by atoms with Crippen LogP contribution in [0.1, 0.15) is 63.0 Å². The molecule has 0 spiro atoms. The molecule has 8 nitrogen and oxygen atoms in total. The van der Waals surface area contributed by atoms with Gasteiger partial charge in [0.05, 0.1) is 18.6 Å². The van der Waals surface area contributed by atoms with Crippen molar-refractivity contribution >= 4 is 42.2 Å². The van der Waals surface area contributed by atoms with Crippen molar-refractivity contribution < 1.29 is 33.0 Å². The van der Waals surface area contributed by atoms with E-state index < -0.39 is 37.8 Å². The Kier molecular flexibility index (Phi) is 11.3. The quantitative estimate of drug-likeness (QED) is 0.0727. The van der Waals surface area contributed by atoms with Gasteiger partial charge < -0.3 is 18.6 Å². The van der Waals surface area contributed by atoms with Crippen LogP contribution in [0.3, 0.4) is 0 Å². The van der Waals surface area contributed by atoms with Crippen LogP contribution in [0.4, 0.5) is 5.69 Å². The number of rotatable bonds is 12. The molecule has 9 heteroatoms. The predicted octanol–water partition coefficient (Wildman–Crippen LogP) is 7.91. The second-order valence-corrected chi connectivity index (χ2v) is 20.1. The van der Waals surface area contributed by atoms with Crippen LogP contribution in [0.2, 0.25) is 5.04 Å². The molecule has 5 aromatic rings. The Bertz CT molecular complexity index is 2050. The molecule has 0 aliphatic carbocycles. The summed E-state index contributed by atoms with van der Waals surface area (Å²) in [5, 5.41) is 2.15. The van der Waals surface area contributed by atoms with Gasteiger partial charge in [0.1, 0.15) is 29.7 Å². The van der Waals surface area contributed by atoms with Crippen molar-refractivity contribution in [3.05, 3.63) is 150 Å². The number of amides is 1. The molecule has 5 aromatic carbocycles. The highest BCUT2D eigenvalue weighted by Gasteiger charge is 2.54. The van der Waals surface area contributed by atoms with Crippen LogP contribution >= 0.6 is 0 Å². The first-order valence-electron chi connectivity index (χ1n) is 18.6. The monoisotopic (exact) mass is 755 g/mol. The summed E-state index contributed by atoms with van der Waals surface area (Å²) in [5.41, 5.74) is 1.98. The average Bonchev–Trinajstić information content (AvgIpc) is 3.17. The largest absolute Gasteiger partial charge is 0.534 e. The number of hydrogen-bond donors (Lipinski definition) is 0. The van der Waals surface area contributed by atoms with Crippen molar-refractivity contribution in [2.45, 2.75) is 71.3 Å². The lowest BCUT2D eigenvalue weighted by atomic mass is 9.81. The Morgan fingerprint density at radius 1 is 0.673 bits per heavy atom. The van der Waals surface area contributed by atoms with Crippen LogP contribution in [-0.4, -0.2) is 44.9 Å². The fraction of sp³-hybridized carbons (Fsp3) is 0.283. The van der Waals surface area contributed by atoms with E-state index >= 15 is 0 Å². The van der Waals surface area contributed by atoms with E-state index in [2.05, 4.69) is 69.3 Å². The van der Waals surface area contributed by atoms with E-state index in [1.807, 2.05) is 57.2 Å². The van der Waals surface area contributed by atoms with E-state index in [0.29, 0.717) is 29.0 Å². The molecule has 1 amide bonds. The van der Waals surface area contributed by atoms with Crippen LogP contribution in [0, 0.1) is 5.92 Å². The third-order valence-corrected chi connectivity index (χ3v) is 14.8. The Morgan fingerprint density at radius 3 is 1.71 bits per heavy atom. The van der Waals surface area contributed by atoms with Gasteiger partial charge in [-0.15, -0.1) is 0 Å². The number of carbonyl (C=O) groups excluding carboxylic acids is 3. The summed E-state index contributed by atoms with van der Waals surface area (Å²) >= 11 is 0. The molecule has 55 heavy (non-hydrogen) atoms. The summed E-state index contributed by atoms with van der Waals surface area (Å²) in [5.74, 6) is -0.351. The minimum Gasteiger partial charge on any atom is -0.534 e. The number of esters is 2. The summed E-state index contributed by atoms with van der Waals surface area (Å²) in [7, 11) is -1.26. The maximum absolute atomic E-state index is 13.8. The summed E-state index contributed by atoms with van der Waals surface area (Å²) in [6, 6.07) is 41.8. The van der Waals surface area contributed by atoms with Gasteiger partial charge in [0, 0.05) is 5.69 Å². The number of hydrogen-bond acceptors (Lipinski definition) is 7. The van der Waals surface area contributed by atoms with Gasteiger partial charge in [0.2, 0.25) is 5.91 Å². The van der Waals surface area contributed by atoms with Gasteiger partial charge in [-0.2, -0.15) is 0 Å². The molecular formula is C46H49NO7Si. The van der Waals surface area contributed by atoms with Crippen LogP contribution in [0.5, 0.6) is 11.5 Å². The molecule has 1 saturated heterocycles. The van der Waals surface area contributed by atoms with Crippen LogP contribution < -0.4 is 24.4 Å². The van der Waals surface area contributed by atoms with Gasteiger partial charge in [-0.25, -0.2) is 9.59 Å². The highest BCUT2D eigenvalue weighted by Crippen LogP contribution is 2.39. The molecule has 284 valence electrons. The summed E-state index contributed by atoms with van der Waals surface area (Å²) in [6.45, 7) is 12.1. The fourth-order valence-electron chi connectivity index (χ4n) is 7.14. The van der Waals surface area contributed by atoms with Gasteiger partial charge in [0.25, 0.3) is 0 Å². The number of nitrogens with zero attached hydrogens (tertiary/aromatic N) is 1. The lowest BCUT2D eigenvalue weighted by Crippen LogP contribution is -2.68. The Hall–Kier alpha value is -5.67. The molecular weight excluding hydrogens is 707 g/mol. The molecule has 1 heterocycles. The maximum Gasteiger partial charge on any atom is 0.338 e. The normalized spacial score (nSPS) is 15.8. The van der Waals surface area contributed by atoms with E-state index in [-0.39, 0.29) is 17.6 Å². The number of carbonyl (C=O) groups is 3. The van der Waals surface area contributed by atoms with E-state index in [1.165, 1.54) is 15.3 Å². The van der Waals surface area contributed by atoms with Crippen LogP contribution in [-0.2, 0) is 32.1 Å². The smallest absolute Gasteiger partial charge is 0.338 e. The van der Waals surface area contributed by atoms with Crippen molar-refractivity contribution in [1.82, 2.24) is 0 Å². The van der Waals surface area contributed by atoms with E-state index in [9.17, 15) is 14.4 Å². The molecule has 0 bridgehead atoms. The zero-order valence-electron chi connectivity index (χ0n) is 32.6. The van der Waals surface area contributed by atoms with Crippen LogP contribution in [0.15, 0.2) is 133 Å². The standard InChI is InChI=1S/C46H49NO7Si/c1-45(2,3)53-43(49)34-22-18-33(19-23-34)31-52-44(50)41-40(42(48)47(41)35-24-28-36(51-7)29-25-35)30-32-20-26-37(27-21-32)54-55(46(4,5)6,38-14-10-8-11-15-38)39-16-12-9-13-17-39/h8-29,40-41H,30-31H2,1-7H3/t40-,41-/m0/s1. The van der Waals surface area contributed by atoms with E-state index in [0.717, 1.165) is 11.3 Å². The average molecular weight is 756 g/mol. The van der Waals surface area contributed by atoms with Crippen molar-refractivity contribution in [3.8, 4) is 11.5 Å². The third-order valence-electron chi connectivity index (χ3n) is 9.84. The number of benzene rings is 5. The number of β-lactam (4-membered cyclic amide) rings is 1. The minimum atomic E-state index is -2.84. The molecule has 1 aliphatic rings. The first kappa shape index (κ1) is 39.0. The SMILES string of the molecule is COc1ccc(N2C(=O)[C@@H](Cc3ccc(O[Si](c4ccccc4)(c4ccccc4)C(C)(C)C)cc3)[C@H]2C(=O)OCc2ccc(C(=O)OC(C)(C)C)cc2)cc1. The van der Waals surface area contributed by atoms with Gasteiger partial charge in [-0.3, -0.25) is 9.69 Å². The topological polar surface area (TPSA) is 91.4 Å².